The monoisotopic (exact) mass is 407 g/mol. The number of nitrogens with zero attached hydrogens (tertiary/aromatic N) is 3. The number of ether oxygens (including phenoxy) is 1. The predicted octanol–water partition coefficient (Wildman–Crippen LogP) is 4.91. The normalized spacial score (nSPS) is 10.7. The number of anilines is 3. The van der Waals surface area contributed by atoms with E-state index in [9.17, 15) is 0 Å². The maximum Gasteiger partial charge on any atom is 0.248 e. The van der Waals surface area contributed by atoms with Crippen molar-refractivity contribution in [3.63, 3.8) is 0 Å². The van der Waals surface area contributed by atoms with Crippen LogP contribution in [0.5, 0.6) is 11.6 Å². The van der Waals surface area contributed by atoms with Crippen molar-refractivity contribution in [1.82, 2.24) is 15.0 Å². The quantitative estimate of drug-likeness (QED) is 0.499. The Morgan fingerprint density at radius 1 is 0.923 bits per heavy atom. The van der Waals surface area contributed by atoms with Gasteiger partial charge in [-0.15, -0.1) is 0 Å². The highest BCUT2D eigenvalue weighted by atomic mass is 79.9. The molecule has 0 aliphatic rings. The third kappa shape index (κ3) is 3.43. The van der Waals surface area contributed by atoms with Gasteiger partial charge in [0.2, 0.25) is 5.88 Å². The summed E-state index contributed by atoms with van der Waals surface area (Å²) in [7, 11) is 0. The zero-order chi connectivity index (χ0) is 17.9. The van der Waals surface area contributed by atoms with Crippen LogP contribution in [0.4, 0.5) is 17.3 Å². The molecule has 0 saturated carbocycles. The number of benzene rings is 2. The van der Waals surface area contributed by atoms with Crippen LogP contribution in [-0.4, -0.2) is 15.0 Å². The molecule has 0 radical (unpaired) electrons. The van der Waals surface area contributed by atoms with Crippen molar-refractivity contribution < 1.29 is 4.74 Å². The molecule has 0 unspecified atom stereocenters. The standard InChI is InChI=1S/C19H14BrN5O/c20-14-6-8-16(22-10-14)25-18-17(21)19(24-11-23-18)26-15-7-5-12-3-1-2-4-13(12)9-15/h1-11H,21H2,(H,22,23,24,25). The van der Waals surface area contributed by atoms with Gasteiger partial charge in [0.15, 0.2) is 5.82 Å². The minimum absolute atomic E-state index is 0.287. The van der Waals surface area contributed by atoms with Crippen molar-refractivity contribution >= 4 is 44.0 Å². The van der Waals surface area contributed by atoms with E-state index in [0.29, 0.717) is 23.1 Å². The Bertz CT molecular complexity index is 1070. The van der Waals surface area contributed by atoms with Gasteiger partial charge in [-0.3, -0.25) is 0 Å². The number of aromatic nitrogens is 3. The van der Waals surface area contributed by atoms with Gasteiger partial charge in [-0.2, -0.15) is 4.98 Å². The average Bonchev–Trinajstić information content (AvgIpc) is 2.67. The minimum Gasteiger partial charge on any atom is -0.437 e. The molecule has 0 atom stereocenters. The molecule has 0 aliphatic carbocycles. The number of nitrogen functional groups attached to an aromatic ring is 1. The van der Waals surface area contributed by atoms with E-state index in [1.54, 1.807) is 6.20 Å². The maximum absolute atomic E-state index is 6.17. The Labute approximate surface area is 158 Å². The number of fused-ring (bicyclic) bond motifs is 1. The Hall–Kier alpha value is -3.19. The molecule has 2 aromatic carbocycles. The Morgan fingerprint density at radius 2 is 1.77 bits per heavy atom. The van der Waals surface area contributed by atoms with E-state index in [0.717, 1.165) is 15.2 Å². The van der Waals surface area contributed by atoms with Gasteiger partial charge in [-0.25, -0.2) is 9.97 Å². The van der Waals surface area contributed by atoms with Gasteiger partial charge in [-0.1, -0.05) is 30.3 Å². The molecule has 0 amide bonds. The van der Waals surface area contributed by atoms with Gasteiger partial charge >= 0.3 is 0 Å². The first kappa shape index (κ1) is 16.3. The number of halogens is 1. The van der Waals surface area contributed by atoms with Crippen LogP contribution in [0.15, 0.2) is 71.6 Å². The first-order valence-corrected chi connectivity index (χ1v) is 8.64. The Balaban J connectivity index is 1.61. The van der Waals surface area contributed by atoms with E-state index in [4.69, 9.17) is 10.5 Å². The first-order chi connectivity index (χ1) is 12.7. The van der Waals surface area contributed by atoms with E-state index < -0.39 is 0 Å². The second-order valence-corrected chi connectivity index (χ2v) is 6.45. The van der Waals surface area contributed by atoms with Crippen molar-refractivity contribution in [3.05, 3.63) is 71.6 Å². The molecule has 26 heavy (non-hydrogen) atoms. The number of hydrogen-bond acceptors (Lipinski definition) is 6. The molecular weight excluding hydrogens is 394 g/mol. The topological polar surface area (TPSA) is 86.0 Å². The summed E-state index contributed by atoms with van der Waals surface area (Å²) in [4.78, 5) is 12.6. The van der Waals surface area contributed by atoms with E-state index >= 15 is 0 Å². The Morgan fingerprint density at radius 3 is 2.58 bits per heavy atom. The van der Waals surface area contributed by atoms with Crippen LogP contribution in [0.2, 0.25) is 0 Å². The van der Waals surface area contributed by atoms with Crippen LogP contribution < -0.4 is 15.8 Å². The minimum atomic E-state index is 0.287. The molecule has 4 rings (SSSR count). The summed E-state index contributed by atoms with van der Waals surface area (Å²) in [6, 6.07) is 17.6. The third-order valence-corrected chi connectivity index (χ3v) is 4.23. The summed E-state index contributed by atoms with van der Waals surface area (Å²) >= 11 is 3.35. The lowest BCUT2D eigenvalue weighted by atomic mass is 10.1. The number of hydrogen-bond donors (Lipinski definition) is 2. The van der Waals surface area contributed by atoms with Gasteiger partial charge < -0.3 is 15.8 Å². The van der Waals surface area contributed by atoms with Crippen LogP contribution in [0.3, 0.4) is 0 Å². The molecule has 3 N–H and O–H groups in total. The summed E-state index contributed by atoms with van der Waals surface area (Å²) in [6.07, 6.45) is 3.08. The van der Waals surface area contributed by atoms with E-state index in [1.165, 1.54) is 6.33 Å². The van der Waals surface area contributed by atoms with Crippen molar-refractivity contribution in [2.75, 3.05) is 11.1 Å². The fourth-order valence-electron chi connectivity index (χ4n) is 2.47. The summed E-state index contributed by atoms with van der Waals surface area (Å²) in [5, 5.41) is 5.28. The predicted molar refractivity (Wildman–Crippen MR) is 106 cm³/mol. The number of pyridine rings is 1. The molecule has 0 aliphatic heterocycles. The molecule has 2 heterocycles. The molecule has 6 nitrogen and oxygen atoms in total. The summed E-state index contributed by atoms with van der Waals surface area (Å²) in [5.41, 5.74) is 6.48. The number of rotatable bonds is 4. The van der Waals surface area contributed by atoms with E-state index in [-0.39, 0.29) is 5.88 Å². The van der Waals surface area contributed by atoms with Crippen LogP contribution in [0.1, 0.15) is 0 Å². The lowest BCUT2D eigenvalue weighted by molar-refractivity contribution is 0.465. The lowest BCUT2D eigenvalue weighted by Gasteiger charge is -2.11. The van der Waals surface area contributed by atoms with Gasteiger partial charge in [0.25, 0.3) is 0 Å². The fourth-order valence-corrected chi connectivity index (χ4v) is 2.71. The molecule has 0 bridgehead atoms. The van der Waals surface area contributed by atoms with Gasteiger partial charge in [-0.05, 0) is 51.0 Å². The zero-order valence-electron chi connectivity index (χ0n) is 13.6. The van der Waals surface area contributed by atoms with E-state index in [1.807, 2.05) is 54.6 Å². The third-order valence-electron chi connectivity index (χ3n) is 3.76. The van der Waals surface area contributed by atoms with Crippen molar-refractivity contribution in [2.24, 2.45) is 0 Å². The molecule has 2 aromatic heterocycles. The maximum atomic E-state index is 6.17. The van der Waals surface area contributed by atoms with Crippen LogP contribution in [-0.2, 0) is 0 Å². The SMILES string of the molecule is Nc1c(Nc2ccc(Br)cn2)ncnc1Oc1ccc2ccccc2c1. The summed E-state index contributed by atoms with van der Waals surface area (Å²) < 4.78 is 6.76. The number of nitrogens with one attached hydrogen (secondary N) is 1. The molecule has 7 heteroatoms. The summed E-state index contributed by atoms with van der Waals surface area (Å²) in [6.45, 7) is 0. The largest absolute Gasteiger partial charge is 0.437 e. The van der Waals surface area contributed by atoms with Crippen molar-refractivity contribution in [1.29, 1.82) is 0 Å². The number of nitrogens with two attached hydrogens (primary N) is 1. The van der Waals surface area contributed by atoms with Crippen LogP contribution in [0, 0.1) is 0 Å². The summed E-state index contributed by atoms with van der Waals surface area (Å²) in [5.74, 6) is 2.00. The molecule has 0 saturated heterocycles. The highest BCUT2D eigenvalue weighted by molar-refractivity contribution is 9.10. The van der Waals surface area contributed by atoms with Crippen molar-refractivity contribution in [2.45, 2.75) is 0 Å². The van der Waals surface area contributed by atoms with Crippen LogP contribution >= 0.6 is 15.9 Å². The molecule has 0 spiro atoms. The second kappa shape index (κ2) is 6.97. The first-order valence-electron chi connectivity index (χ1n) is 7.85. The Kier molecular flexibility index (Phi) is 4.37. The molecule has 4 aromatic rings. The molecule has 0 fully saturated rings. The molecule has 128 valence electrons. The lowest BCUT2D eigenvalue weighted by Crippen LogP contribution is -2.03. The van der Waals surface area contributed by atoms with Crippen molar-refractivity contribution in [3.8, 4) is 11.6 Å². The molecular formula is C19H14BrN5O. The van der Waals surface area contributed by atoms with Gasteiger partial charge in [0, 0.05) is 10.7 Å². The smallest absolute Gasteiger partial charge is 0.248 e. The highest BCUT2D eigenvalue weighted by Gasteiger charge is 2.11. The second-order valence-electron chi connectivity index (χ2n) is 5.54. The fraction of sp³-hybridized carbons (Fsp3) is 0. The van der Waals surface area contributed by atoms with Gasteiger partial charge in [0.1, 0.15) is 23.6 Å². The average molecular weight is 408 g/mol. The highest BCUT2D eigenvalue weighted by Crippen LogP contribution is 2.31. The van der Waals surface area contributed by atoms with Gasteiger partial charge in [0.05, 0.1) is 0 Å². The van der Waals surface area contributed by atoms with Crippen LogP contribution in [0.25, 0.3) is 10.8 Å². The van der Waals surface area contributed by atoms with E-state index in [2.05, 4.69) is 36.2 Å². The zero-order valence-corrected chi connectivity index (χ0v) is 15.1.